The Morgan fingerprint density at radius 1 is 1.50 bits per heavy atom. The third kappa shape index (κ3) is 4.34. The highest BCUT2D eigenvalue weighted by atomic mass is 79.9. The van der Waals surface area contributed by atoms with Crippen LogP contribution in [0.4, 0.5) is 5.82 Å². The van der Waals surface area contributed by atoms with E-state index in [1.807, 2.05) is 0 Å². The van der Waals surface area contributed by atoms with E-state index in [0.717, 1.165) is 19.5 Å². The maximum absolute atomic E-state index is 11.7. The fourth-order valence-electron chi connectivity index (χ4n) is 2.09. The topological polar surface area (TPSA) is 66.9 Å². The minimum Gasteiger partial charge on any atom is -0.316 e. The molecule has 0 spiro atoms. The van der Waals surface area contributed by atoms with Crippen molar-refractivity contribution in [2.45, 2.75) is 25.7 Å². The first-order valence-corrected chi connectivity index (χ1v) is 7.01. The van der Waals surface area contributed by atoms with E-state index >= 15 is 0 Å². The molecule has 1 saturated heterocycles. The molecule has 0 aliphatic carbocycles. The highest BCUT2D eigenvalue weighted by molar-refractivity contribution is 9.10. The molecule has 1 unspecified atom stereocenters. The number of carbonyl (C=O) groups is 1. The van der Waals surface area contributed by atoms with Gasteiger partial charge in [0.15, 0.2) is 5.82 Å². The molecule has 2 rings (SSSR count). The molecule has 2 heterocycles. The molecule has 1 aliphatic rings. The summed E-state index contributed by atoms with van der Waals surface area (Å²) in [5.74, 6) is 1.14. The van der Waals surface area contributed by atoms with Gasteiger partial charge in [0, 0.05) is 6.42 Å². The van der Waals surface area contributed by atoms with Crippen LogP contribution in [0.3, 0.4) is 0 Å². The van der Waals surface area contributed by atoms with E-state index in [4.69, 9.17) is 0 Å². The minimum absolute atomic E-state index is 0.0113. The fourth-order valence-corrected chi connectivity index (χ4v) is 2.29. The molecule has 98 valence electrons. The Morgan fingerprint density at radius 2 is 2.39 bits per heavy atom. The van der Waals surface area contributed by atoms with E-state index in [9.17, 15) is 4.79 Å². The van der Waals surface area contributed by atoms with E-state index in [1.165, 1.54) is 12.8 Å². The number of hydrogen-bond donors (Lipinski definition) is 2. The van der Waals surface area contributed by atoms with Crippen molar-refractivity contribution in [3.63, 3.8) is 0 Å². The molecule has 1 aromatic rings. The smallest absolute Gasteiger partial charge is 0.225 e. The van der Waals surface area contributed by atoms with Gasteiger partial charge in [-0.25, -0.2) is 9.97 Å². The van der Waals surface area contributed by atoms with Crippen LogP contribution in [-0.4, -0.2) is 29.0 Å². The highest BCUT2D eigenvalue weighted by Crippen LogP contribution is 2.16. The van der Waals surface area contributed by atoms with Gasteiger partial charge >= 0.3 is 0 Å². The lowest BCUT2D eigenvalue weighted by molar-refractivity contribution is -0.116. The van der Waals surface area contributed by atoms with Gasteiger partial charge in [-0.05, 0) is 54.2 Å². The molecule has 1 aliphatic heterocycles. The van der Waals surface area contributed by atoms with Gasteiger partial charge in [-0.2, -0.15) is 0 Å². The second-order valence-corrected chi connectivity index (χ2v) is 5.34. The van der Waals surface area contributed by atoms with Crippen LogP contribution in [0.5, 0.6) is 0 Å². The zero-order valence-electron chi connectivity index (χ0n) is 10.2. The van der Waals surface area contributed by atoms with Gasteiger partial charge in [0.05, 0.1) is 12.4 Å². The van der Waals surface area contributed by atoms with Crippen molar-refractivity contribution in [3.05, 3.63) is 17.0 Å². The largest absolute Gasteiger partial charge is 0.316 e. The lowest BCUT2D eigenvalue weighted by Gasteiger charge is -2.22. The van der Waals surface area contributed by atoms with Crippen molar-refractivity contribution in [1.29, 1.82) is 0 Å². The van der Waals surface area contributed by atoms with Gasteiger partial charge in [0.25, 0.3) is 0 Å². The molecule has 0 radical (unpaired) electrons. The van der Waals surface area contributed by atoms with Crippen LogP contribution >= 0.6 is 15.9 Å². The zero-order chi connectivity index (χ0) is 12.8. The molecular weight excluding hydrogens is 296 g/mol. The van der Waals surface area contributed by atoms with Crippen molar-refractivity contribution in [1.82, 2.24) is 15.3 Å². The SMILES string of the molecule is O=C(CCC1CCCNC1)Nc1cnc(Br)cn1. The van der Waals surface area contributed by atoms with Crippen molar-refractivity contribution in [3.8, 4) is 0 Å². The molecule has 1 fully saturated rings. The monoisotopic (exact) mass is 312 g/mol. The standard InChI is InChI=1S/C12H17BrN4O/c13-10-7-16-11(8-15-10)17-12(18)4-3-9-2-1-5-14-6-9/h7-9,14H,1-6H2,(H,16,17,18). The molecule has 1 atom stereocenters. The van der Waals surface area contributed by atoms with Crippen LogP contribution in [-0.2, 0) is 4.79 Å². The Balaban J connectivity index is 1.73. The first kappa shape index (κ1) is 13.4. The van der Waals surface area contributed by atoms with Crippen LogP contribution in [0.2, 0.25) is 0 Å². The minimum atomic E-state index is 0.0113. The predicted octanol–water partition coefficient (Wildman–Crippen LogP) is 1.96. The first-order chi connectivity index (χ1) is 8.74. The number of anilines is 1. The van der Waals surface area contributed by atoms with E-state index in [1.54, 1.807) is 12.4 Å². The maximum Gasteiger partial charge on any atom is 0.225 e. The molecule has 6 heteroatoms. The van der Waals surface area contributed by atoms with Crippen LogP contribution in [0.25, 0.3) is 0 Å². The number of aromatic nitrogens is 2. The number of nitrogens with zero attached hydrogens (tertiary/aromatic N) is 2. The van der Waals surface area contributed by atoms with Gasteiger partial charge in [0.2, 0.25) is 5.91 Å². The van der Waals surface area contributed by atoms with Crippen molar-refractivity contribution < 1.29 is 4.79 Å². The summed E-state index contributed by atoms with van der Waals surface area (Å²) >= 11 is 3.20. The predicted molar refractivity (Wildman–Crippen MR) is 73.2 cm³/mol. The average molecular weight is 313 g/mol. The van der Waals surface area contributed by atoms with Gasteiger partial charge in [0.1, 0.15) is 4.60 Å². The van der Waals surface area contributed by atoms with E-state index in [2.05, 4.69) is 36.5 Å². The Labute approximate surface area is 115 Å². The second kappa shape index (κ2) is 6.80. The quantitative estimate of drug-likeness (QED) is 0.892. The van der Waals surface area contributed by atoms with Gasteiger partial charge in [-0.1, -0.05) is 0 Å². The Hall–Kier alpha value is -1.01. The summed E-state index contributed by atoms with van der Waals surface area (Å²) < 4.78 is 0.661. The second-order valence-electron chi connectivity index (χ2n) is 4.52. The molecule has 0 aromatic carbocycles. The molecule has 5 nitrogen and oxygen atoms in total. The van der Waals surface area contributed by atoms with Gasteiger partial charge in [-0.15, -0.1) is 0 Å². The van der Waals surface area contributed by atoms with Crippen LogP contribution in [0.1, 0.15) is 25.7 Å². The zero-order valence-corrected chi connectivity index (χ0v) is 11.7. The number of hydrogen-bond acceptors (Lipinski definition) is 4. The van der Waals surface area contributed by atoms with Gasteiger partial charge < -0.3 is 10.6 Å². The molecule has 0 bridgehead atoms. The Kier molecular flexibility index (Phi) is 5.07. The lowest BCUT2D eigenvalue weighted by atomic mass is 9.94. The van der Waals surface area contributed by atoms with E-state index in [0.29, 0.717) is 22.8 Å². The fraction of sp³-hybridized carbons (Fsp3) is 0.583. The number of halogens is 1. The summed E-state index contributed by atoms with van der Waals surface area (Å²) in [6.07, 6.45) is 7.03. The lowest BCUT2D eigenvalue weighted by Crippen LogP contribution is -2.30. The summed E-state index contributed by atoms with van der Waals surface area (Å²) in [6.45, 7) is 2.14. The Morgan fingerprint density at radius 3 is 3.06 bits per heavy atom. The van der Waals surface area contributed by atoms with Crippen molar-refractivity contribution >= 4 is 27.7 Å². The van der Waals surface area contributed by atoms with Crippen LogP contribution in [0, 0.1) is 5.92 Å². The summed E-state index contributed by atoms with van der Waals surface area (Å²) in [5.41, 5.74) is 0. The number of piperidine rings is 1. The molecule has 1 aromatic heterocycles. The normalized spacial score (nSPS) is 19.5. The molecule has 2 N–H and O–H groups in total. The van der Waals surface area contributed by atoms with Crippen LogP contribution < -0.4 is 10.6 Å². The summed E-state index contributed by atoms with van der Waals surface area (Å²) in [6, 6.07) is 0. The molecular formula is C12H17BrN4O. The number of nitrogens with one attached hydrogen (secondary N) is 2. The third-order valence-corrected chi connectivity index (χ3v) is 3.48. The van der Waals surface area contributed by atoms with E-state index < -0.39 is 0 Å². The Bertz CT molecular complexity index is 390. The van der Waals surface area contributed by atoms with Crippen LogP contribution in [0.15, 0.2) is 17.0 Å². The summed E-state index contributed by atoms with van der Waals surface area (Å²) in [7, 11) is 0. The van der Waals surface area contributed by atoms with Gasteiger partial charge in [-0.3, -0.25) is 4.79 Å². The summed E-state index contributed by atoms with van der Waals surface area (Å²) in [5, 5.41) is 6.11. The third-order valence-electron chi connectivity index (χ3n) is 3.07. The molecule has 0 saturated carbocycles. The maximum atomic E-state index is 11.7. The van der Waals surface area contributed by atoms with E-state index in [-0.39, 0.29) is 5.91 Å². The average Bonchev–Trinajstić information content (AvgIpc) is 2.40. The first-order valence-electron chi connectivity index (χ1n) is 6.22. The van der Waals surface area contributed by atoms with Crippen molar-refractivity contribution in [2.75, 3.05) is 18.4 Å². The summed E-state index contributed by atoms with van der Waals surface area (Å²) in [4.78, 5) is 19.8. The van der Waals surface area contributed by atoms with Crippen molar-refractivity contribution in [2.24, 2.45) is 5.92 Å². The number of rotatable bonds is 4. The number of amides is 1. The highest BCUT2D eigenvalue weighted by Gasteiger charge is 2.14. The molecule has 1 amide bonds. The number of carbonyl (C=O) groups excluding carboxylic acids is 1. The molecule has 18 heavy (non-hydrogen) atoms.